The molecule has 1 atom stereocenters. The molecular formula is C12H15ClN2O. The average Bonchev–Trinajstić information content (AvgIpc) is 2.68. The zero-order valence-electron chi connectivity index (χ0n) is 9.46. The lowest BCUT2D eigenvalue weighted by atomic mass is 10.1. The molecule has 0 saturated carbocycles. The quantitative estimate of drug-likeness (QED) is 0.887. The monoisotopic (exact) mass is 238 g/mol. The summed E-state index contributed by atoms with van der Waals surface area (Å²) in [5.41, 5.74) is 1.94. The lowest BCUT2D eigenvalue weighted by Gasteiger charge is -2.09. The summed E-state index contributed by atoms with van der Waals surface area (Å²) in [6.45, 7) is 2.81. The van der Waals surface area contributed by atoms with Crippen molar-refractivity contribution < 1.29 is 4.74 Å². The van der Waals surface area contributed by atoms with E-state index in [1.54, 1.807) is 7.11 Å². The predicted molar refractivity (Wildman–Crippen MR) is 66.0 cm³/mol. The van der Waals surface area contributed by atoms with Crippen LogP contribution in [0.15, 0.2) is 18.2 Å². The first-order valence-electron chi connectivity index (χ1n) is 5.38. The second-order valence-electron chi connectivity index (χ2n) is 3.84. The van der Waals surface area contributed by atoms with E-state index in [2.05, 4.69) is 16.9 Å². The molecule has 0 bridgehead atoms. The van der Waals surface area contributed by atoms with E-state index in [1.807, 2.05) is 18.2 Å². The van der Waals surface area contributed by atoms with E-state index in [4.69, 9.17) is 16.3 Å². The number of rotatable bonds is 4. The highest BCUT2D eigenvalue weighted by atomic mass is 35.5. The van der Waals surface area contributed by atoms with Gasteiger partial charge in [-0.2, -0.15) is 0 Å². The Hall–Kier alpha value is -1.06. The van der Waals surface area contributed by atoms with Gasteiger partial charge in [-0.15, -0.1) is 0 Å². The van der Waals surface area contributed by atoms with Crippen molar-refractivity contribution in [2.45, 2.75) is 19.3 Å². The largest absolute Gasteiger partial charge is 0.384 e. The van der Waals surface area contributed by atoms with E-state index >= 15 is 0 Å². The second kappa shape index (κ2) is 4.85. The van der Waals surface area contributed by atoms with Crippen molar-refractivity contribution in [1.82, 2.24) is 9.97 Å². The highest BCUT2D eigenvalue weighted by Crippen LogP contribution is 2.22. The highest BCUT2D eigenvalue weighted by molar-refractivity contribution is 6.31. The molecule has 0 spiro atoms. The van der Waals surface area contributed by atoms with Crippen molar-refractivity contribution >= 4 is 22.6 Å². The highest BCUT2D eigenvalue weighted by Gasteiger charge is 2.13. The van der Waals surface area contributed by atoms with Gasteiger partial charge in [0.2, 0.25) is 0 Å². The van der Waals surface area contributed by atoms with Crippen molar-refractivity contribution in [2.75, 3.05) is 13.7 Å². The fourth-order valence-corrected chi connectivity index (χ4v) is 1.96. The van der Waals surface area contributed by atoms with Gasteiger partial charge in [0.25, 0.3) is 0 Å². The first kappa shape index (κ1) is 11.4. The molecule has 0 amide bonds. The lowest BCUT2D eigenvalue weighted by molar-refractivity contribution is 0.175. The molecule has 0 aliphatic heterocycles. The number of benzene rings is 1. The van der Waals surface area contributed by atoms with Gasteiger partial charge in [0.1, 0.15) is 5.82 Å². The van der Waals surface area contributed by atoms with Crippen LogP contribution in [0.3, 0.4) is 0 Å². The molecule has 0 aliphatic carbocycles. The molecule has 0 unspecified atom stereocenters. The number of aromatic amines is 1. The molecule has 0 fully saturated rings. The number of hydrogen-bond donors (Lipinski definition) is 1. The van der Waals surface area contributed by atoms with Crippen LogP contribution in [0.1, 0.15) is 25.1 Å². The lowest BCUT2D eigenvalue weighted by Crippen LogP contribution is -2.06. The molecule has 1 aromatic heterocycles. The standard InChI is InChI=1S/C12H15ClN2O/c1-3-8(7-16-2)12-14-10-5-4-9(13)6-11(10)15-12/h4-6,8H,3,7H2,1-2H3,(H,14,15)/t8-/m0/s1. The van der Waals surface area contributed by atoms with Crippen LogP contribution in [0.4, 0.5) is 0 Å². The third-order valence-electron chi connectivity index (χ3n) is 2.71. The maximum atomic E-state index is 5.93. The number of fused-ring (bicyclic) bond motifs is 1. The normalized spacial score (nSPS) is 13.2. The molecule has 0 saturated heterocycles. The summed E-state index contributed by atoms with van der Waals surface area (Å²) < 4.78 is 5.18. The van der Waals surface area contributed by atoms with Gasteiger partial charge in [0.15, 0.2) is 0 Å². The van der Waals surface area contributed by atoms with E-state index in [9.17, 15) is 0 Å². The first-order valence-corrected chi connectivity index (χ1v) is 5.76. The van der Waals surface area contributed by atoms with Gasteiger partial charge in [-0.3, -0.25) is 0 Å². The van der Waals surface area contributed by atoms with E-state index in [0.717, 1.165) is 28.3 Å². The van der Waals surface area contributed by atoms with Crippen LogP contribution >= 0.6 is 11.6 Å². The molecular weight excluding hydrogens is 224 g/mol. The summed E-state index contributed by atoms with van der Waals surface area (Å²) in [7, 11) is 1.71. The molecule has 2 aromatic rings. The molecule has 1 heterocycles. The van der Waals surface area contributed by atoms with Crippen molar-refractivity contribution in [3.8, 4) is 0 Å². The van der Waals surface area contributed by atoms with Gasteiger partial charge in [-0.25, -0.2) is 4.98 Å². The van der Waals surface area contributed by atoms with Gasteiger partial charge in [0.05, 0.1) is 17.6 Å². The van der Waals surface area contributed by atoms with Crippen LogP contribution in [0.5, 0.6) is 0 Å². The first-order chi connectivity index (χ1) is 7.74. The number of nitrogens with one attached hydrogen (secondary N) is 1. The molecule has 1 N–H and O–H groups in total. The summed E-state index contributed by atoms with van der Waals surface area (Å²) in [4.78, 5) is 7.85. The molecule has 86 valence electrons. The van der Waals surface area contributed by atoms with Crippen LogP contribution in [0, 0.1) is 0 Å². The van der Waals surface area contributed by atoms with E-state index in [1.165, 1.54) is 0 Å². The van der Waals surface area contributed by atoms with E-state index < -0.39 is 0 Å². The fraction of sp³-hybridized carbons (Fsp3) is 0.417. The summed E-state index contributed by atoms with van der Waals surface area (Å²) in [6.07, 6.45) is 1.00. The van der Waals surface area contributed by atoms with Crippen LogP contribution in [0.2, 0.25) is 5.02 Å². The van der Waals surface area contributed by atoms with Gasteiger partial charge >= 0.3 is 0 Å². The van der Waals surface area contributed by atoms with Crippen molar-refractivity contribution in [1.29, 1.82) is 0 Å². The fourth-order valence-electron chi connectivity index (χ4n) is 1.79. The number of nitrogens with zero attached hydrogens (tertiary/aromatic N) is 1. The molecule has 3 nitrogen and oxygen atoms in total. The minimum Gasteiger partial charge on any atom is -0.384 e. The number of imidazole rings is 1. The van der Waals surface area contributed by atoms with E-state index in [-0.39, 0.29) is 0 Å². The van der Waals surface area contributed by atoms with Gasteiger partial charge < -0.3 is 9.72 Å². The summed E-state index contributed by atoms with van der Waals surface area (Å²) in [5, 5.41) is 0.725. The smallest absolute Gasteiger partial charge is 0.112 e. The Labute approximate surface area is 99.8 Å². The minimum atomic E-state index is 0.316. The number of methoxy groups -OCH3 is 1. The van der Waals surface area contributed by atoms with Crippen molar-refractivity contribution in [3.63, 3.8) is 0 Å². The predicted octanol–water partition coefficient (Wildman–Crippen LogP) is 3.36. The van der Waals surface area contributed by atoms with E-state index in [0.29, 0.717) is 12.5 Å². The zero-order valence-corrected chi connectivity index (χ0v) is 10.2. The third-order valence-corrected chi connectivity index (χ3v) is 2.94. The Balaban J connectivity index is 2.37. The summed E-state index contributed by atoms with van der Waals surface area (Å²) in [5.74, 6) is 1.29. The number of H-pyrrole nitrogens is 1. The van der Waals surface area contributed by atoms with Crippen LogP contribution in [-0.2, 0) is 4.74 Å². The van der Waals surface area contributed by atoms with Crippen LogP contribution < -0.4 is 0 Å². The summed E-state index contributed by atoms with van der Waals surface area (Å²) in [6, 6.07) is 5.68. The SMILES string of the molecule is CC[C@@H](COC)c1nc2ccc(Cl)cc2[nH]1. The minimum absolute atomic E-state index is 0.316. The Morgan fingerprint density at radius 3 is 3.00 bits per heavy atom. The number of aromatic nitrogens is 2. The Kier molecular flexibility index (Phi) is 3.46. The van der Waals surface area contributed by atoms with Gasteiger partial charge in [-0.1, -0.05) is 18.5 Å². The van der Waals surface area contributed by atoms with Crippen molar-refractivity contribution in [2.24, 2.45) is 0 Å². The van der Waals surface area contributed by atoms with Gasteiger partial charge in [0, 0.05) is 18.1 Å². The molecule has 1 aromatic carbocycles. The molecule has 4 heteroatoms. The topological polar surface area (TPSA) is 37.9 Å². The Morgan fingerprint density at radius 2 is 2.31 bits per heavy atom. The van der Waals surface area contributed by atoms with Gasteiger partial charge in [-0.05, 0) is 24.6 Å². The Bertz CT molecular complexity index is 481. The maximum Gasteiger partial charge on any atom is 0.112 e. The zero-order chi connectivity index (χ0) is 11.5. The molecule has 2 rings (SSSR count). The second-order valence-corrected chi connectivity index (χ2v) is 4.28. The Morgan fingerprint density at radius 1 is 1.50 bits per heavy atom. The third kappa shape index (κ3) is 2.20. The number of ether oxygens (including phenoxy) is 1. The number of hydrogen-bond acceptors (Lipinski definition) is 2. The molecule has 0 aliphatic rings. The maximum absolute atomic E-state index is 5.93. The van der Waals surface area contributed by atoms with Crippen molar-refractivity contribution in [3.05, 3.63) is 29.0 Å². The molecule has 0 radical (unpaired) electrons. The average molecular weight is 239 g/mol. The van der Waals surface area contributed by atoms with Crippen LogP contribution in [0.25, 0.3) is 11.0 Å². The summed E-state index contributed by atoms with van der Waals surface area (Å²) >= 11 is 5.93. The molecule has 16 heavy (non-hydrogen) atoms. The number of halogens is 1. The van der Waals surface area contributed by atoms with Crippen LogP contribution in [-0.4, -0.2) is 23.7 Å².